The van der Waals surface area contributed by atoms with Crippen molar-refractivity contribution < 1.29 is 14.1 Å². The van der Waals surface area contributed by atoms with E-state index in [2.05, 4.69) is 5.16 Å². The molecule has 0 unspecified atom stereocenters. The summed E-state index contributed by atoms with van der Waals surface area (Å²) in [4.78, 5) is 29.3. The Hall–Kier alpha value is -3.41. The molecule has 2 aromatic carbocycles. The van der Waals surface area contributed by atoms with Crippen LogP contribution in [0.25, 0.3) is 11.3 Å². The summed E-state index contributed by atoms with van der Waals surface area (Å²) in [7, 11) is 0. The Morgan fingerprint density at radius 3 is 2.43 bits per heavy atom. The fourth-order valence-corrected chi connectivity index (χ4v) is 3.54. The minimum absolute atomic E-state index is 0.0337. The predicted molar refractivity (Wildman–Crippen MR) is 106 cm³/mol. The highest BCUT2D eigenvalue weighted by atomic mass is 16.5. The molecule has 142 valence electrons. The minimum Gasteiger partial charge on any atom is -0.360 e. The third-order valence-electron chi connectivity index (χ3n) is 5.04. The van der Waals surface area contributed by atoms with Gasteiger partial charge in [0.05, 0.1) is 0 Å². The zero-order chi connectivity index (χ0) is 19.7. The molecule has 2 amide bonds. The molecule has 0 saturated carbocycles. The summed E-state index contributed by atoms with van der Waals surface area (Å²) in [5.41, 5.74) is 3.68. The molecule has 0 spiro atoms. The Labute approximate surface area is 163 Å². The number of aromatic nitrogens is 1. The fraction of sp³-hybridized carbons (Fsp3) is 0.227. The monoisotopic (exact) mass is 375 g/mol. The second kappa shape index (κ2) is 7.31. The second-order valence-corrected chi connectivity index (χ2v) is 6.89. The van der Waals surface area contributed by atoms with E-state index in [0.717, 1.165) is 16.8 Å². The quantitative estimate of drug-likeness (QED) is 0.703. The lowest BCUT2D eigenvalue weighted by atomic mass is 10.0. The van der Waals surface area contributed by atoms with Gasteiger partial charge in [0.1, 0.15) is 23.6 Å². The van der Waals surface area contributed by atoms with Crippen LogP contribution in [0.3, 0.4) is 0 Å². The van der Waals surface area contributed by atoms with Gasteiger partial charge in [0.15, 0.2) is 0 Å². The highest BCUT2D eigenvalue weighted by Gasteiger charge is 2.32. The van der Waals surface area contributed by atoms with E-state index in [-0.39, 0.29) is 18.4 Å². The van der Waals surface area contributed by atoms with Crippen molar-refractivity contribution in [1.29, 1.82) is 0 Å². The average Bonchev–Trinajstić information content (AvgIpc) is 3.10. The molecular weight excluding hydrogens is 354 g/mol. The molecule has 1 aliphatic heterocycles. The van der Waals surface area contributed by atoms with Crippen molar-refractivity contribution in [2.45, 2.75) is 13.8 Å². The lowest BCUT2D eigenvalue weighted by Crippen LogP contribution is -2.52. The maximum absolute atomic E-state index is 13.2. The number of hydrogen-bond acceptors (Lipinski definition) is 4. The van der Waals surface area contributed by atoms with Crippen LogP contribution in [-0.2, 0) is 4.79 Å². The summed E-state index contributed by atoms with van der Waals surface area (Å²) in [6, 6.07) is 17.2. The highest BCUT2D eigenvalue weighted by molar-refractivity contribution is 6.05. The number of aryl methyl sites for hydroxylation is 2. The fourth-order valence-electron chi connectivity index (χ4n) is 3.54. The van der Waals surface area contributed by atoms with Gasteiger partial charge >= 0.3 is 0 Å². The maximum Gasteiger partial charge on any atom is 0.260 e. The van der Waals surface area contributed by atoms with Crippen molar-refractivity contribution >= 4 is 17.5 Å². The van der Waals surface area contributed by atoms with E-state index >= 15 is 0 Å². The summed E-state index contributed by atoms with van der Waals surface area (Å²) in [6.07, 6.45) is 0. The summed E-state index contributed by atoms with van der Waals surface area (Å²) in [5, 5.41) is 4.08. The summed E-state index contributed by atoms with van der Waals surface area (Å²) >= 11 is 0. The summed E-state index contributed by atoms with van der Waals surface area (Å²) in [6.45, 7) is 4.65. The van der Waals surface area contributed by atoms with E-state index in [1.165, 1.54) is 0 Å². The van der Waals surface area contributed by atoms with Gasteiger partial charge in [-0.05, 0) is 25.5 Å². The third kappa shape index (κ3) is 3.17. The van der Waals surface area contributed by atoms with Gasteiger partial charge in [0.25, 0.3) is 5.91 Å². The molecule has 2 heterocycles. The molecule has 4 rings (SSSR count). The van der Waals surface area contributed by atoms with E-state index in [1.54, 1.807) is 16.7 Å². The van der Waals surface area contributed by atoms with Crippen molar-refractivity contribution in [3.63, 3.8) is 0 Å². The molecule has 0 atom stereocenters. The topological polar surface area (TPSA) is 66.7 Å². The van der Waals surface area contributed by atoms with Gasteiger partial charge in [-0.15, -0.1) is 0 Å². The lowest BCUT2D eigenvalue weighted by Gasteiger charge is -2.35. The van der Waals surface area contributed by atoms with Gasteiger partial charge in [-0.1, -0.05) is 53.7 Å². The Bertz CT molecular complexity index is 1030. The number of carbonyl (C=O) groups is 2. The van der Waals surface area contributed by atoms with E-state index in [4.69, 9.17) is 4.52 Å². The number of para-hydroxylation sites is 1. The van der Waals surface area contributed by atoms with Crippen LogP contribution in [0.4, 0.5) is 5.69 Å². The first-order valence-corrected chi connectivity index (χ1v) is 9.23. The van der Waals surface area contributed by atoms with Gasteiger partial charge in [-0.25, -0.2) is 0 Å². The molecule has 0 N–H and O–H groups in total. The first kappa shape index (κ1) is 18.0. The molecule has 1 saturated heterocycles. The smallest absolute Gasteiger partial charge is 0.260 e. The lowest BCUT2D eigenvalue weighted by molar-refractivity contribution is -0.120. The van der Waals surface area contributed by atoms with Gasteiger partial charge < -0.3 is 14.3 Å². The number of piperazine rings is 1. The predicted octanol–water partition coefficient (Wildman–Crippen LogP) is 3.45. The highest BCUT2D eigenvalue weighted by Crippen LogP contribution is 2.28. The van der Waals surface area contributed by atoms with Crippen molar-refractivity contribution in [3.05, 3.63) is 71.5 Å². The number of carbonyl (C=O) groups excluding carboxylic acids is 2. The first-order chi connectivity index (χ1) is 13.6. The van der Waals surface area contributed by atoms with Crippen LogP contribution in [0.15, 0.2) is 59.1 Å². The molecule has 1 aliphatic rings. The number of nitrogens with zero attached hydrogens (tertiary/aromatic N) is 3. The summed E-state index contributed by atoms with van der Waals surface area (Å²) in [5.74, 6) is 0.136. The van der Waals surface area contributed by atoms with Gasteiger partial charge in [-0.3, -0.25) is 9.59 Å². The Kier molecular flexibility index (Phi) is 4.69. The van der Waals surface area contributed by atoms with E-state index in [0.29, 0.717) is 30.1 Å². The average molecular weight is 375 g/mol. The molecule has 3 aromatic rings. The Morgan fingerprint density at radius 2 is 1.71 bits per heavy atom. The first-order valence-electron chi connectivity index (χ1n) is 9.23. The zero-order valence-electron chi connectivity index (χ0n) is 15.9. The van der Waals surface area contributed by atoms with Gasteiger partial charge in [-0.2, -0.15) is 0 Å². The molecule has 6 nitrogen and oxygen atoms in total. The Morgan fingerprint density at radius 1 is 1.00 bits per heavy atom. The van der Waals surface area contributed by atoms with Crippen molar-refractivity contribution in [2.24, 2.45) is 0 Å². The van der Waals surface area contributed by atoms with Crippen LogP contribution in [0.5, 0.6) is 0 Å². The van der Waals surface area contributed by atoms with Crippen LogP contribution in [0.1, 0.15) is 21.7 Å². The molecule has 0 radical (unpaired) electrons. The van der Waals surface area contributed by atoms with Crippen LogP contribution >= 0.6 is 0 Å². The molecule has 1 fully saturated rings. The zero-order valence-corrected chi connectivity index (χ0v) is 15.9. The number of anilines is 1. The largest absolute Gasteiger partial charge is 0.360 e. The number of rotatable bonds is 3. The SMILES string of the molecule is Cc1ccccc1N1CCN(C(=O)c2c(-c3ccccc3)noc2C)CC1=O. The summed E-state index contributed by atoms with van der Waals surface area (Å²) < 4.78 is 5.30. The minimum atomic E-state index is -0.226. The third-order valence-corrected chi connectivity index (χ3v) is 5.04. The second-order valence-electron chi connectivity index (χ2n) is 6.89. The van der Waals surface area contributed by atoms with Gasteiger partial charge in [0, 0.05) is 24.3 Å². The molecule has 0 aliphatic carbocycles. The van der Waals surface area contributed by atoms with Gasteiger partial charge in [0.2, 0.25) is 5.91 Å². The molecule has 1 aromatic heterocycles. The molecule has 28 heavy (non-hydrogen) atoms. The van der Waals surface area contributed by atoms with Crippen LogP contribution in [0.2, 0.25) is 0 Å². The number of hydrogen-bond donors (Lipinski definition) is 0. The van der Waals surface area contributed by atoms with E-state index in [1.807, 2.05) is 61.5 Å². The van der Waals surface area contributed by atoms with Crippen LogP contribution < -0.4 is 4.90 Å². The Balaban J connectivity index is 1.58. The number of benzene rings is 2. The van der Waals surface area contributed by atoms with Crippen molar-refractivity contribution in [1.82, 2.24) is 10.1 Å². The van der Waals surface area contributed by atoms with Crippen molar-refractivity contribution in [2.75, 3.05) is 24.5 Å². The maximum atomic E-state index is 13.2. The normalized spacial score (nSPS) is 14.4. The molecular formula is C22H21N3O3. The standard InChI is InChI=1S/C22H21N3O3/c1-15-8-6-7-11-18(15)25-13-12-24(14-19(25)26)22(27)20-16(2)28-23-21(20)17-9-4-3-5-10-17/h3-11H,12-14H2,1-2H3. The van der Waals surface area contributed by atoms with Crippen LogP contribution in [0, 0.1) is 13.8 Å². The van der Waals surface area contributed by atoms with E-state index in [9.17, 15) is 9.59 Å². The van der Waals surface area contributed by atoms with Crippen LogP contribution in [-0.4, -0.2) is 41.5 Å². The number of amides is 2. The molecule has 0 bridgehead atoms. The molecule has 6 heteroatoms. The van der Waals surface area contributed by atoms with E-state index < -0.39 is 0 Å². The van der Waals surface area contributed by atoms with Crippen molar-refractivity contribution in [3.8, 4) is 11.3 Å².